The summed E-state index contributed by atoms with van der Waals surface area (Å²) >= 11 is 0. The van der Waals surface area contributed by atoms with E-state index in [0.29, 0.717) is 25.6 Å². The Morgan fingerprint density at radius 3 is 2.61 bits per heavy atom. The number of carbonyl (C=O) groups is 2. The minimum absolute atomic E-state index is 0.0644. The Bertz CT molecular complexity index is 1040. The van der Waals surface area contributed by atoms with Crippen molar-refractivity contribution in [1.29, 1.82) is 0 Å². The second-order valence-corrected chi connectivity index (χ2v) is 9.41. The van der Waals surface area contributed by atoms with Crippen LogP contribution in [-0.2, 0) is 16.1 Å². The topological polar surface area (TPSA) is 58.6 Å². The fraction of sp³-hybridized carbons (Fsp3) is 0.355. The average Bonchev–Trinajstić information content (AvgIpc) is 3.13. The average molecular weight is 487 g/mol. The summed E-state index contributed by atoms with van der Waals surface area (Å²) in [6, 6.07) is 9.57. The van der Waals surface area contributed by atoms with Crippen molar-refractivity contribution in [3.05, 3.63) is 108 Å². The maximum atomic E-state index is 14.1. The third-order valence-corrected chi connectivity index (χ3v) is 5.98. The lowest BCUT2D eigenvalue weighted by Crippen LogP contribution is -2.44. The quantitative estimate of drug-likeness (QED) is 0.396. The predicted octanol–water partition coefficient (Wildman–Crippen LogP) is 6.29. The molecule has 0 bridgehead atoms. The molecule has 0 saturated carbocycles. The molecule has 5 nitrogen and oxygen atoms in total. The highest BCUT2D eigenvalue weighted by Crippen LogP contribution is 2.29. The number of carbonyl (C=O) groups excluding carboxylic acids is 2. The summed E-state index contributed by atoms with van der Waals surface area (Å²) in [6.07, 6.45) is 22.8. The van der Waals surface area contributed by atoms with Gasteiger partial charge in [0.05, 0.1) is 5.92 Å². The normalized spacial score (nSPS) is 18.2. The van der Waals surface area contributed by atoms with Gasteiger partial charge in [0, 0.05) is 19.6 Å². The summed E-state index contributed by atoms with van der Waals surface area (Å²) in [7, 11) is 0. The van der Waals surface area contributed by atoms with Crippen molar-refractivity contribution in [2.45, 2.75) is 39.7 Å². The summed E-state index contributed by atoms with van der Waals surface area (Å²) in [6.45, 7) is 5.78. The molecule has 2 aliphatic carbocycles. The first kappa shape index (κ1) is 27.0. The number of allylic oxidation sites excluding steroid dienone is 10. The van der Waals surface area contributed by atoms with Gasteiger partial charge in [0.25, 0.3) is 0 Å². The van der Waals surface area contributed by atoms with Crippen molar-refractivity contribution in [2.24, 2.45) is 11.8 Å². The van der Waals surface area contributed by atoms with Gasteiger partial charge >= 0.3 is 6.09 Å². The van der Waals surface area contributed by atoms with Crippen LogP contribution in [0.5, 0.6) is 0 Å². The van der Waals surface area contributed by atoms with E-state index >= 15 is 0 Å². The Morgan fingerprint density at radius 2 is 1.81 bits per heavy atom. The molecule has 0 fully saturated rings. The second-order valence-electron chi connectivity index (χ2n) is 9.41. The fourth-order valence-corrected chi connectivity index (χ4v) is 4.25. The van der Waals surface area contributed by atoms with Crippen LogP contribution in [0.2, 0.25) is 0 Å². The first-order valence-corrected chi connectivity index (χ1v) is 12.8. The Balaban J connectivity index is 1.71. The van der Waals surface area contributed by atoms with E-state index < -0.39 is 6.09 Å². The molecule has 0 aliphatic heterocycles. The SMILES string of the molecule is CC(C)CN(CCNC(=O)OCc1ccccc1)C(=O)C(C1=CCC=CC=C1)/C1=C/C=CC/C=C\C1. The number of benzene rings is 1. The van der Waals surface area contributed by atoms with Crippen LogP contribution >= 0.6 is 0 Å². The standard InChI is InChI=1S/C31H38N2O3/c1-25(2)23-33(22-21-32-31(35)36-24-26-15-9-8-10-16-26)30(34)29(28-19-13-6-7-14-20-28)27-17-11-4-3-5-12-18-27/h4-13,15-17,19-20,25,29H,3,14,18,21-24H2,1-2H3,(H,32,35)/b11-4?,12-5-,27-17+. The molecule has 36 heavy (non-hydrogen) atoms. The van der Waals surface area contributed by atoms with Crippen molar-refractivity contribution >= 4 is 12.0 Å². The second kappa shape index (κ2) is 14.7. The molecule has 3 rings (SSSR count). The largest absolute Gasteiger partial charge is 0.445 e. The lowest BCUT2D eigenvalue weighted by Gasteiger charge is -2.31. The summed E-state index contributed by atoms with van der Waals surface area (Å²) in [5, 5.41) is 2.81. The van der Waals surface area contributed by atoms with Gasteiger partial charge in [0.1, 0.15) is 6.61 Å². The first-order valence-electron chi connectivity index (χ1n) is 12.8. The number of hydrogen-bond donors (Lipinski definition) is 1. The first-order chi connectivity index (χ1) is 17.5. The zero-order valence-electron chi connectivity index (χ0n) is 21.4. The van der Waals surface area contributed by atoms with Crippen molar-refractivity contribution in [1.82, 2.24) is 10.2 Å². The van der Waals surface area contributed by atoms with Crippen LogP contribution in [0.15, 0.2) is 102 Å². The molecule has 1 unspecified atom stereocenters. The number of amides is 2. The highest BCUT2D eigenvalue weighted by Gasteiger charge is 2.30. The van der Waals surface area contributed by atoms with Gasteiger partial charge in [0.2, 0.25) is 5.91 Å². The van der Waals surface area contributed by atoms with Crippen LogP contribution in [0, 0.1) is 11.8 Å². The zero-order valence-corrected chi connectivity index (χ0v) is 21.4. The van der Waals surface area contributed by atoms with Crippen LogP contribution < -0.4 is 5.32 Å². The number of ether oxygens (including phenoxy) is 1. The fourth-order valence-electron chi connectivity index (χ4n) is 4.25. The van der Waals surface area contributed by atoms with Crippen LogP contribution in [0.3, 0.4) is 0 Å². The van der Waals surface area contributed by atoms with Gasteiger partial charge in [-0.3, -0.25) is 4.79 Å². The van der Waals surface area contributed by atoms with Crippen LogP contribution in [-0.4, -0.2) is 36.5 Å². The summed E-state index contributed by atoms with van der Waals surface area (Å²) < 4.78 is 5.33. The molecule has 0 radical (unpaired) electrons. The Hall–Kier alpha value is -3.60. The van der Waals surface area contributed by atoms with E-state index in [1.54, 1.807) is 0 Å². The van der Waals surface area contributed by atoms with E-state index in [-0.39, 0.29) is 18.4 Å². The van der Waals surface area contributed by atoms with Crippen LogP contribution in [0.4, 0.5) is 4.79 Å². The third kappa shape index (κ3) is 8.88. The maximum absolute atomic E-state index is 14.1. The molecule has 0 spiro atoms. The molecular formula is C31H38N2O3. The lowest BCUT2D eigenvalue weighted by atomic mass is 9.85. The van der Waals surface area contributed by atoms with Gasteiger partial charge in [-0.2, -0.15) is 0 Å². The van der Waals surface area contributed by atoms with E-state index in [2.05, 4.69) is 61.7 Å². The molecule has 5 heteroatoms. The zero-order chi connectivity index (χ0) is 25.6. The molecular weight excluding hydrogens is 448 g/mol. The van der Waals surface area contributed by atoms with Crippen LogP contribution in [0.1, 0.15) is 38.7 Å². The third-order valence-electron chi connectivity index (χ3n) is 5.98. The minimum Gasteiger partial charge on any atom is -0.445 e. The number of alkyl carbamates (subject to hydrolysis) is 1. The smallest absolute Gasteiger partial charge is 0.407 e. The molecule has 1 aromatic rings. The number of nitrogens with zero attached hydrogens (tertiary/aromatic N) is 1. The van der Waals surface area contributed by atoms with Gasteiger partial charge in [0.15, 0.2) is 0 Å². The van der Waals surface area contributed by atoms with Gasteiger partial charge in [-0.05, 0) is 41.9 Å². The molecule has 0 heterocycles. The molecule has 1 aromatic carbocycles. The number of rotatable bonds is 10. The van der Waals surface area contributed by atoms with Crippen molar-refractivity contribution < 1.29 is 14.3 Å². The Labute approximate surface area is 215 Å². The summed E-state index contributed by atoms with van der Waals surface area (Å²) in [5.41, 5.74) is 3.03. The van der Waals surface area contributed by atoms with Gasteiger partial charge < -0.3 is 15.0 Å². The Morgan fingerprint density at radius 1 is 1.00 bits per heavy atom. The Kier molecular flexibility index (Phi) is 11.0. The van der Waals surface area contributed by atoms with Crippen LogP contribution in [0.25, 0.3) is 0 Å². The molecule has 190 valence electrons. The molecule has 2 aliphatic rings. The molecule has 1 atom stereocenters. The predicted molar refractivity (Wildman–Crippen MR) is 146 cm³/mol. The van der Waals surface area contributed by atoms with Gasteiger partial charge in [-0.1, -0.05) is 105 Å². The number of nitrogens with one attached hydrogen (secondary N) is 1. The van der Waals surface area contributed by atoms with E-state index in [1.807, 2.05) is 53.5 Å². The molecule has 0 aromatic heterocycles. The summed E-state index contributed by atoms with van der Waals surface area (Å²) in [4.78, 5) is 28.2. The van der Waals surface area contributed by atoms with E-state index in [0.717, 1.165) is 36.0 Å². The number of hydrogen-bond acceptors (Lipinski definition) is 3. The minimum atomic E-state index is -0.481. The summed E-state index contributed by atoms with van der Waals surface area (Å²) in [5.74, 6) is -0.00188. The van der Waals surface area contributed by atoms with Gasteiger partial charge in [-0.15, -0.1) is 0 Å². The molecule has 0 saturated heterocycles. The van der Waals surface area contributed by atoms with Gasteiger partial charge in [-0.25, -0.2) is 4.79 Å². The highest BCUT2D eigenvalue weighted by atomic mass is 16.5. The molecule has 2 amide bonds. The van der Waals surface area contributed by atoms with Crippen molar-refractivity contribution in [3.63, 3.8) is 0 Å². The van der Waals surface area contributed by atoms with Crippen molar-refractivity contribution in [3.8, 4) is 0 Å². The van der Waals surface area contributed by atoms with Crippen molar-refractivity contribution in [2.75, 3.05) is 19.6 Å². The molecule has 1 N–H and O–H groups in total. The van der Waals surface area contributed by atoms with E-state index in [9.17, 15) is 9.59 Å². The monoisotopic (exact) mass is 486 g/mol. The maximum Gasteiger partial charge on any atom is 0.407 e. The highest BCUT2D eigenvalue weighted by molar-refractivity contribution is 5.86. The van der Waals surface area contributed by atoms with E-state index in [4.69, 9.17) is 4.74 Å². The lowest BCUT2D eigenvalue weighted by molar-refractivity contribution is -0.133. The van der Waals surface area contributed by atoms with E-state index in [1.165, 1.54) is 0 Å².